The van der Waals surface area contributed by atoms with Gasteiger partial charge in [-0.3, -0.25) is 4.79 Å². The average Bonchev–Trinajstić information content (AvgIpc) is 0.885. The molecular formula is C88H111Br3ClNO6Si2. The van der Waals surface area contributed by atoms with Crippen LogP contribution in [0.1, 0.15) is 198 Å². The first kappa shape index (κ1) is 97.8. The van der Waals surface area contributed by atoms with Gasteiger partial charge in [-0.1, -0.05) is 219 Å². The van der Waals surface area contributed by atoms with Crippen molar-refractivity contribution in [1.82, 2.24) is 6.15 Å². The molecule has 0 radical (unpaired) electrons. The summed E-state index contributed by atoms with van der Waals surface area (Å²) in [5.74, 6) is 18.6. The summed E-state index contributed by atoms with van der Waals surface area (Å²) < 4.78 is 13.6. The Balaban J connectivity index is -0.00000112. The van der Waals surface area contributed by atoms with Crippen molar-refractivity contribution in [2.24, 2.45) is 0 Å². The fraction of sp³-hybridized carbons (Fsp3) is 0.352. The molecule has 0 amide bonds. The quantitative estimate of drug-likeness (QED) is 0.0572. The van der Waals surface area contributed by atoms with Gasteiger partial charge in [0.25, 0.3) is 5.24 Å². The zero-order chi connectivity index (χ0) is 76.5. The average molecular weight is 1610 g/mol. The number of aliphatic hydroxyl groups is 1. The molecular weight excluding hydrogens is 1500 g/mol. The molecule has 540 valence electrons. The molecule has 7 aromatic rings. The molecule has 0 unspecified atom stereocenters. The summed E-state index contributed by atoms with van der Waals surface area (Å²) in [6, 6.07) is 54.9. The monoisotopic (exact) mass is 1610 g/mol. The number of hydrogen-bond donors (Lipinski definition) is 2. The van der Waals surface area contributed by atoms with E-state index in [9.17, 15) is 14.4 Å². The second-order valence-corrected chi connectivity index (χ2v) is 40.2. The maximum Gasteiger partial charge on any atom is 0.338 e. The molecule has 0 saturated heterocycles. The standard InChI is InChI=1S/C22H24O2.C14H20Si.C11H13BrO2.C11H12.C9H11Br.C7H4BrClO.C5H10Si.C5H4.C4H10O.H3N/c1-5-6-17-7-9-18(10-8-17)11-12-19-13-15-20(16-14-19)21(23)24-22(2,3)4;1-5-6-13-7-9-14(10-8-13)11-12-15(2,3)4;1-11(2,3)14-10(13)8-4-6-9(12)7-5-8;1-3-5-11-8-6-10(4-2)7-9-11;1-2-3-8-4-6-9(10)7-5-8;8-6-3-1-5(2-4-6)7(9)10;1-5-6(2,3)4;1-3-5-4-2;1-4(2,3)5;/h7-10,13-16H,5-6H2,1-4H3;7-10H,5-6H2,1-4H3;4-7H,1-3H3;2,6-9H,3,5H2,1H3;4-7H,2-3H2,1H3;1-4H;1H,2-4H3;1H,2H3;5H,1-3H3;1H3. The maximum absolute atomic E-state index is 12.0. The number of ether oxygens (including phenoxy) is 2. The molecule has 0 atom stereocenters. The highest BCUT2D eigenvalue weighted by Gasteiger charge is 2.19. The smallest absolute Gasteiger partial charge is 0.338 e. The number of terminal acetylenes is 3. The Morgan fingerprint density at radius 2 is 0.683 bits per heavy atom. The SMILES string of the molecule is C#CC#CC.C#C[Si](C)(C)C.C#Cc1ccc(CCC)cc1.CC(C)(C)O.CC(C)(C)OC(=O)c1ccc(Br)cc1.CCCc1ccc(Br)cc1.CCCc1ccc(C#C[Si](C)(C)C)cc1.CCCc1ccc(C#Cc2ccc(C(=O)OC(C)(C)C)cc2)cc1.N.O=C(Cl)c1ccc(Br)cc1. The number of aryl methyl sites for hydroxylation is 4. The van der Waals surface area contributed by atoms with Gasteiger partial charge in [0.1, 0.15) is 27.3 Å². The Kier molecular flexibility index (Phi) is 51.7. The predicted molar refractivity (Wildman–Crippen MR) is 450 cm³/mol. The molecule has 0 heterocycles. The Labute approximate surface area is 643 Å². The van der Waals surface area contributed by atoms with Gasteiger partial charge in [0.05, 0.1) is 16.7 Å². The molecule has 7 rings (SSSR count). The molecule has 0 saturated carbocycles. The number of carbonyl (C=O) groups excluding carboxylic acids is 3. The number of benzene rings is 7. The zero-order valence-electron chi connectivity index (χ0n) is 63.8. The van der Waals surface area contributed by atoms with Gasteiger partial charge in [-0.05, 0) is 262 Å². The third-order valence-corrected chi connectivity index (χ3v) is 15.3. The summed E-state index contributed by atoms with van der Waals surface area (Å²) in [5.41, 5.74) is 15.8. The molecule has 0 bridgehead atoms. The van der Waals surface area contributed by atoms with Gasteiger partial charge in [0.2, 0.25) is 0 Å². The van der Waals surface area contributed by atoms with Crippen molar-refractivity contribution >= 4 is 92.7 Å². The van der Waals surface area contributed by atoms with E-state index in [1.165, 1.54) is 54.4 Å². The summed E-state index contributed by atoms with van der Waals surface area (Å²) in [6.07, 6.45) is 24.4. The highest BCUT2D eigenvalue weighted by atomic mass is 79.9. The van der Waals surface area contributed by atoms with Crippen LogP contribution in [0.5, 0.6) is 0 Å². The van der Waals surface area contributed by atoms with Gasteiger partial charge >= 0.3 is 11.9 Å². The van der Waals surface area contributed by atoms with E-state index in [4.69, 9.17) is 45.5 Å². The molecule has 0 aliphatic carbocycles. The molecule has 0 spiro atoms. The van der Waals surface area contributed by atoms with E-state index in [0.717, 1.165) is 54.9 Å². The third-order valence-electron chi connectivity index (χ3n) is 11.7. The Hall–Kier alpha value is -7.41. The fourth-order valence-electron chi connectivity index (χ4n) is 7.09. The molecule has 4 N–H and O–H groups in total. The number of rotatable bonds is 11. The molecule has 7 nitrogen and oxygen atoms in total. The van der Waals surface area contributed by atoms with Gasteiger partial charge in [-0.15, -0.1) is 30.4 Å². The van der Waals surface area contributed by atoms with E-state index in [2.05, 4.69) is 240 Å². The van der Waals surface area contributed by atoms with Gasteiger partial charge in [0.15, 0.2) is 0 Å². The van der Waals surface area contributed by atoms with Crippen molar-refractivity contribution in [3.8, 4) is 71.8 Å². The Morgan fingerprint density at radius 3 is 0.911 bits per heavy atom. The molecule has 0 fully saturated rings. The largest absolute Gasteiger partial charge is 0.456 e. The number of halogens is 4. The molecule has 0 aliphatic heterocycles. The van der Waals surface area contributed by atoms with Crippen molar-refractivity contribution < 1.29 is 29.0 Å². The van der Waals surface area contributed by atoms with Gasteiger partial charge < -0.3 is 20.7 Å². The number of hydrogen-bond acceptors (Lipinski definition) is 7. The third kappa shape index (κ3) is 57.9. The van der Waals surface area contributed by atoms with E-state index >= 15 is 0 Å². The lowest BCUT2D eigenvalue weighted by Gasteiger charge is -2.19. The van der Waals surface area contributed by atoms with Crippen LogP contribution >= 0.6 is 59.4 Å². The highest BCUT2D eigenvalue weighted by Crippen LogP contribution is 2.18. The van der Waals surface area contributed by atoms with Crippen LogP contribution < -0.4 is 6.15 Å². The summed E-state index contributed by atoms with van der Waals surface area (Å²) in [6.45, 7) is 40.1. The van der Waals surface area contributed by atoms with Crippen LogP contribution in [0.3, 0.4) is 0 Å². The van der Waals surface area contributed by atoms with Crippen molar-refractivity contribution in [3.63, 3.8) is 0 Å². The van der Waals surface area contributed by atoms with Crippen molar-refractivity contribution in [2.45, 2.75) is 204 Å². The number of carbonyl (C=O) groups is 3. The Bertz CT molecular complexity index is 3790. The second-order valence-electron chi connectivity index (χ2n) is 27.6. The summed E-state index contributed by atoms with van der Waals surface area (Å²) in [5, 5.41) is 8.10. The van der Waals surface area contributed by atoms with Crippen LogP contribution in [-0.2, 0) is 35.2 Å². The summed E-state index contributed by atoms with van der Waals surface area (Å²) in [4.78, 5) is 34.0. The van der Waals surface area contributed by atoms with Crippen LogP contribution in [0.15, 0.2) is 183 Å². The normalized spacial score (nSPS) is 9.92. The first-order valence-electron chi connectivity index (χ1n) is 33.5. The minimum absolute atomic E-state index is 0. The lowest BCUT2D eigenvalue weighted by Crippen LogP contribution is -2.23. The van der Waals surface area contributed by atoms with E-state index < -0.39 is 38.2 Å². The summed E-state index contributed by atoms with van der Waals surface area (Å²) in [7, 11) is -2.33. The predicted octanol–water partition coefficient (Wildman–Crippen LogP) is 24.2. The van der Waals surface area contributed by atoms with Gasteiger partial charge in [0, 0.05) is 41.2 Å². The van der Waals surface area contributed by atoms with E-state index in [0.29, 0.717) is 16.7 Å². The van der Waals surface area contributed by atoms with E-state index in [1.807, 2.05) is 90.1 Å². The minimum Gasteiger partial charge on any atom is -0.456 e. The molecule has 101 heavy (non-hydrogen) atoms. The summed E-state index contributed by atoms with van der Waals surface area (Å²) >= 11 is 15.1. The van der Waals surface area contributed by atoms with Crippen LogP contribution in [0.2, 0.25) is 39.3 Å². The van der Waals surface area contributed by atoms with Crippen molar-refractivity contribution in [1.29, 1.82) is 0 Å². The van der Waals surface area contributed by atoms with Crippen LogP contribution in [0.25, 0.3) is 0 Å². The van der Waals surface area contributed by atoms with Gasteiger partial charge in [-0.25, -0.2) is 9.59 Å². The fourth-order valence-corrected chi connectivity index (χ4v) is 8.53. The van der Waals surface area contributed by atoms with Crippen LogP contribution in [0, 0.1) is 71.8 Å². The highest BCUT2D eigenvalue weighted by molar-refractivity contribution is 9.11. The van der Waals surface area contributed by atoms with Gasteiger partial charge in [-0.2, -0.15) is 0 Å². The zero-order valence-corrected chi connectivity index (χ0v) is 71.3. The second kappa shape index (κ2) is 53.4. The first-order valence-corrected chi connectivity index (χ1v) is 43.3. The minimum atomic E-state index is -1.23. The maximum atomic E-state index is 12.0. The molecule has 7 aromatic carbocycles. The van der Waals surface area contributed by atoms with Crippen molar-refractivity contribution in [3.05, 3.63) is 244 Å². The molecule has 13 heteroatoms. The van der Waals surface area contributed by atoms with E-state index in [-0.39, 0.29) is 18.1 Å². The lowest BCUT2D eigenvalue weighted by atomic mass is 10.1. The molecule has 0 aliphatic rings. The van der Waals surface area contributed by atoms with Crippen LogP contribution in [0.4, 0.5) is 0 Å². The molecule has 0 aromatic heterocycles. The Morgan fingerprint density at radius 1 is 0.436 bits per heavy atom. The first-order chi connectivity index (χ1) is 46.6. The van der Waals surface area contributed by atoms with E-state index in [1.54, 1.807) is 76.2 Å². The number of esters is 2. The topological polar surface area (TPSA) is 125 Å². The van der Waals surface area contributed by atoms with Crippen LogP contribution in [-0.4, -0.2) is 55.2 Å². The lowest BCUT2D eigenvalue weighted by molar-refractivity contribution is 0.00570. The van der Waals surface area contributed by atoms with Crippen molar-refractivity contribution in [2.75, 3.05) is 0 Å².